The van der Waals surface area contributed by atoms with Crippen LogP contribution in [0.3, 0.4) is 0 Å². The van der Waals surface area contributed by atoms with Gasteiger partial charge in [0, 0.05) is 30.7 Å². The van der Waals surface area contributed by atoms with E-state index in [0.717, 1.165) is 15.6 Å². The lowest BCUT2D eigenvalue weighted by atomic mass is 10.2. The Balaban J connectivity index is 1.81. The summed E-state index contributed by atoms with van der Waals surface area (Å²) >= 11 is 0. The average molecular weight is 458 g/mol. The Labute approximate surface area is 188 Å². The van der Waals surface area contributed by atoms with Crippen molar-refractivity contribution in [3.8, 4) is 5.75 Å². The second kappa shape index (κ2) is 10.9. The fraction of sp³-hybridized carbons (Fsp3) is 0.261. The van der Waals surface area contributed by atoms with Gasteiger partial charge >= 0.3 is 0 Å². The molecule has 0 saturated heterocycles. The smallest absolute Gasteiger partial charge is 0.264 e. The first-order valence-electron chi connectivity index (χ1n) is 10.2. The standard InChI is InChI=1S/C23H27N3O5S/c1-18-13-20(15-22(14-18)31-12-11-25-19-7-9-24-10-8-19)26(16-21(28)17-27)32(29,30)23-5-3-2-4-6-23/h2-10,13-15,21,27-28H,11-12,16-17H2,1H3,(H,24,25). The number of ether oxygens (including phenoxy) is 1. The summed E-state index contributed by atoms with van der Waals surface area (Å²) in [5.74, 6) is 0.503. The molecule has 1 atom stereocenters. The largest absolute Gasteiger partial charge is 0.492 e. The molecular weight excluding hydrogens is 430 g/mol. The minimum Gasteiger partial charge on any atom is -0.492 e. The number of rotatable bonds is 11. The zero-order valence-corrected chi connectivity index (χ0v) is 18.6. The molecule has 0 fully saturated rings. The van der Waals surface area contributed by atoms with Crippen LogP contribution >= 0.6 is 0 Å². The van der Waals surface area contributed by atoms with Crippen molar-refractivity contribution in [3.63, 3.8) is 0 Å². The van der Waals surface area contributed by atoms with Gasteiger partial charge in [-0.2, -0.15) is 0 Å². The van der Waals surface area contributed by atoms with Crippen LogP contribution in [-0.4, -0.2) is 56.0 Å². The van der Waals surface area contributed by atoms with E-state index in [1.807, 2.05) is 25.1 Å². The SMILES string of the molecule is Cc1cc(OCCNc2ccncc2)cc(N(CC(O)CO)S(=O)(=O)c2ccccc2)c1. The van der Waals surface area contributed by atoms with E-state index in [-0.39, 0.29) is 11.4 Å². The second-order valence-electron chi connectivity index (χ2n) is 7.20. The number of hydrogen-bond donors (Lipinski definition) is 3. The maximum Gasteiger partial charge on any atom is 0.264 e. The van der Waals surface area contributed by atoms with E-state index in [1.54, 1.807) is 42.7 Å². The van der Waals surface area contributed by atoms with Gasteiger partial charge in [-0.15, -0.1) is 0 Å². The van der Waals surface area contributed by atoms with Gasteiger partial charge < -0.3 is 20.3 Å². The van der Waals surface area contributed by atoms with E-state index in [9.17, 15) is 18.6 Å². The molecule has 0 amide bonds. The Hall–Kier alpha value is -3.14. The minimum atomic E-state index is -3.97. The monoisotopic (exact) mass is 457 g/mol. The molecule has 3 rings (SSSR count). The number of aryl methyl sites for hydroxylation is 1. The van der Waals surface area contributed by atoms with Crippen molar-refractivity contribution >= 4 is 21.4 Å². The Morgan fingerprint density at radius 1 is 1.09 bits per heavy atom. The lowest BCUT2D eigenvalue weighted by molar-refractivity contribution is 0.102. The summed E-state index contributed by atoms with van der Waals surface area (Å²) in [7, 11) is -3.97. The van der Waals surface area contributed by atoms with Gasteiger partial charge in [0.05, 0.1) is 29.8 Å². The summed E-state index contributed by atoms with van der Waals surface area (Å²) in [6, 6.07) is 16.8. The molecule has 170 valence electrons. The minimum absolute atomic E-state index is 0.0932. The molecule has 0 saturated carbocycles. The molecule has 0 aliphatic carbocycles. The zero-order chi connectivity index (χ0) is 23.0. The van der Waals surface area contributed by atoms with Crippen molar-refractivity contribution in [2.45, 2.75) is 17.9 Å². The summed E-state index contributed by atoms with van der Waals surface area (Å²) in [6.45, 7) is 1.89. The Morgan fingerprint density at radius 2 is 1.81 bits per heavy atom. The molecule has 8 nitrogen and oxygen atoms in total. The van der Waals surface area contributed by atoms with Gasteiger partial charge in [-0.25, -0.2) is 8.42 Å². The van der Waals surface area contributed by atoms with Crippen molar-refractivity contribution in [2.75, 3.05) is 35.9 Å². The number of aliphatic hydroxyl groups is 2. The van der Waals surface area contributed by atoms with E-state index < -0.39 is 22.7 Å². The molecule has 9 heteroatoms. The average Bonchev–Trinajstić information content (AvgIpc) is 2.81. The maximum atomic E-state index is 13.3. The van der Waals surface area contributed by atoms with Gasteiger partial charge in [-0.1, -0.05) is 18.2 Å². The number of aromatic nitrogens is 1. The Kier molecular flexibility index (Phi) is 8.04. The highest BCUT2D eigenvalue weighted by atomic mass is 32.2. The molecule has 0 aliphatic rings. The third kappa shape index (κ3) is 6.19. The van der Waals surface area contributed by atoms with Crippen LogP contribution in [0.25, 0.3) is 0 Å². The fourth-order valence-electron chi connectivity index (χ4n) is 3.10. The van der Waals surface area contributed by atoms with Crippen LogP contribution in [0, 0.1) is 6.92 Å². The summed E-state index contributed by atoms with van der Waals surface area (Å²) in [4.78, 5) is 4.06. The highest BCUT2D eigenvalue weighted by Crippen LogP contribution is 2.29. The Bertz CT molecular complexity index is 1100. The quantitative estimate of drug-likeness (QED) is 0.379. The van der Waals surface area contributed by atoms with Gasteiger partial charge in [0.25, 0.3) is 10.0 Å². The third-order valence-electron chi connectivity index (χ3n) is 4.62. The normalized spacial score (nSPS) is 12.2. The molecule has 0 radical (unpaired) electrons. The summed E-state index contributed by atoms with van der Waals surface area (Å²) < 4.78 is 33.5. The Morgan fingerprint density at radius 3 is 2.50 bits per heavy atom. The molecule has 0 spiro atoms. The first-order chi connectivity index (χ1) is 15.4. The van der Waals surface area contributed by atoms with Crippen LogP contribution in [0.15, 0.2) is 78.0 Å². The van der Waals surface area contributed by atoms with Crippen molar-refractivity contribution in [2.24, 2.45) is 0 Å². The van der Waals surface area contributed by atoms with Crippen molar-refractivity contribution < 1.29 is 23.4 Å². The number of hydrogen-bond acceptors (Lipinski definition) is 7. The predicted molar refractivity (Wildman–Crippen MR) is 123 cm³/mol. The van der Waals surface area contributed by atoms with Gasteiger partial charge in [0.1, 0.15) is 12.4 Å². The van der Waals surface area contributed by atoms with Gasteiger partial charge in [0.2, 0.25) is 0 Å². The molecule has 0 aliphatic heterocycles. The topological polar surface area (TPSA) is 112 Å². The molecule has 1 unspecified atom stereocenters. The summed E-state index contributed by atoms with van der Waals surface area (Å²) in [5.41, 5.74) is 2.07. The third-order valence-corrected chi connectivity index (χ3v) is 6.43. The molecule has 3 N–H and O–H groups in total. The van der Waals surface area contributed by atoms with Gasteiger partial charge in [-0.3, -0.25) is 9.29 Å². The molecule has 1 heterocycles. The van der Waals surface area contributed by atoms with E-state index in [2.05, 4.69) is 10.3 Å². The van der Waals surface area contributed by atoms with Crippen molar-refractivity contribution in [3.05, 3.63) is 78.6 Å². The number of sulfonamides is 1. The van der Waals surface area contributed by atoms with Crippen LogP contribution in [0.4, 0.5) is 11.4 Å². The first kappa shape index (κ1) is 23.5. The summed E-state index contributed by atoms with van der Waals surface area (Å²) in [6.07, 6.45) is 2.15. The van der Waals surface area contributed by atoms with Crippen LogP contribution in [0.5, 0.6) is 5.75 Å². The van der Waals surface area contributed by atoms with Crippen LogP contribution < -0.4 is 14.4 Å². The number of nitrogens with zero attached hydrogens (tertiary/aromatic N) is 2. The number of aliphatic hydroxyl groups excluding tert-OH is 2. The molecule has 32 heavy (non-hydrogen) atoms. The molecule has 1 aromatic heterocycles. The number of anilines is 2. The maximum absolute atomic E-state index is 13.3. The van der Waals surface area contributed by atoms with Crippen LogP contribution in [0.2, 0.25) is 0 Å². The summed E-state index contributed by atoms with van der Waals surface area (Å²) in [5, 5.41) is 22.5. The van der Waals surface area contributed by atoms with Crippen LogP contribution in [-0.2, 0) is 10.0 Å². The molecule has 0 bridgehead atoms. The highest BCUT2D eigenvalue weighted by molar-refractivity contribution is 7.92. The molecular formula is C23H27N3O5S. The lowest BCUT2D eigenvalue weighted by Crippen LogP contribution is -2.39. The second-order valence-corrected chi connectivity index (χ2v) is 9.06. The van der Waals surface area contributed by atoms with Gasteiger partial charge in [0.15, 0.2) is 0 Å². The van der Waals surface area contributed by atoms with Crippen molar-refractivity contribution in [1.29, 1.82) is 0 Å². The van der Waals surface area contributed by atoms with E-state index in [4.69, 9.17) is 4.74 Å². The van der Waals surface area contributed by atoms with E-state index in [0.29, 0.717) is 24.6 Å². The zero-order valence-electron chi connectivity index (χ0n) is 17.8. The van der Waals surface area contributed by atoms with E-state index >= 15 is 0 Å². The molecule has 3 aromatic rings. The first-order valence-corrected chi connectivity index (χ1v) is 11.6. The lowest BCUT2D eigenvalue weighted by Gasteiger charge is -2.27. The van der Waals surface area contributed by atoms with Crippen molar-refractivity contribution in [1.82, 2.24) is 4.98 Å². The number of pyridine rings is 1. The van der Waals surface area contributed by atoms with Gasteiger partial charge in [-0.05, 0) is 48.9 Å². The van der Waals surface area contributed by atoms with E-state index in [1.165, 1.54) is 12.1 Å². The van der Waals surface area contributed by atoms with Crippen LogP contribution in [0.1, 0.15) is 5.56 Å². The predicted octanol–water partition coefficient (Wildman–Crippen LogP) is 2.43. The fourth-order valence-corrected chi connectivity index (χ4v) is 4.61. The molecule has 2 aromatic carbocycles. The number of benzene rings is 2. The number of nitrogens with one attached hydrogen (secondary N) is 1. The highest BCUT2D eigenvalue weighted by Gasteiger charge is 2.27.